The molecule has 0 aliphatic carbocycles. The van der Waals surface area contributed by atoms with Gasteiger partial charge in [0.15, 0.2) is 0 Å². The zero-order valence-electron chi connectivity index (χ0n) is 34.5. The number of thiophene rings is 1. The van der Waals surface area contributed by atoms with E-state index in [0.717, 1.165) is 94.3 Å². The molecule has 4 heteroatoms. The van der Waals surface area contributed by atoms with Gasteiger partial charge in [0, 0.05) is 59.2 Å². The van der Waals surface area contributed by atoms with Crippen molar-refractivity contribution < 1.29 is 8.83 Å². The SMILES string of the molecule is c1ccc(-c2ccc3c(c2)oc2c(-c4ccccc4)ccc(N(c4ccc5c(c4)oc4ccccc45)c4c(-c5ccccc5)ccc5sc6c(-c7ccccc7)cccc6c45)c23)cc1. The first-order valence-electron chi connectivity index (χ1n) is 21.7. The monoisotopic (exact) mass is 835 g/mol. The van der Waals surface area contributed by atoms with Crippen LogP contribution in [0.3, 0.4) is 0 Å². The highest BCUT2D eigenvalue weighted by Gasteiger charge is 2.28. The van der Waals surface area contributed by atoms with Gasteiger partial charge in [-0.15, -0.1) is 11.3 Å². The van der Waals surface area contributed by atoms with Crippen molar-refractivity contribution in [2.45, 2.75) is 0 Å². The maximum absolute atomic E-state index is 7.15. The van der Waals surface area contributed by atoms with E-state index < -0.39 is 0 Å². The van der Waals surface area contributed by atoms with Crippen LogP contribution in [0, 0.1) is 0 Å². The Kier molecular flexibility index (Phi) is 8.40. The van der Waals surface area contributed by atoms with Gasteiger partial charge in [-0.2, -0.15) is 0 Å². The van der Waals surface area contributed by atoms with E-state index in [1.807, 2.05) is 17.4 Å². The first-order chi connectivity index (χ1) is 31.7. The second kappa shape index (κ2) is 14.7. The van der Waals surface area contributed by atoms with Crippen molar-refractivity contribution in [1.82, 2.24) is 0 Å². The van der Waals surface area contributed by atoms with Crippen LogP contribution in [0.4, 0.5) is 17.1 Å². The summed E-state index contributed by atoms with van der Waals surface area (Å²) in [5, 5.41) is 6.69. The maximum atomic E-state index is 7.15. The average molecular weight is 836 g/mol. The van der Waals surface area contributed by atoms with Crippen LogP contribution in [-0.2, 0) is 0 Å². The number of para-hydroxylation sites is 1. The molecular weight excluding hydrogens is 799 g/mol. The first kappa shape index (κ1) is 36.5. The summed E-state index contributed by atoms with van der Waals surface area (Å²) < 4.78 is 16.3. The number of hydrogen-bond acceptors (Lipinski definition) is 4. The van der Waals surface area contributed by atoms with Crippen molar-refractivity contribution in [3.8, 4) is 44.5 Å². The van der Waals surface area contributed by atoms with Crippen molar-refractivity contribution in [3.05, 3.63) is 224 Å². The minimum atomic E-state index is 0.834. The Balaban J connectivity index is 1.18. The second-order valence-corrected chi connectivity index (χ2v) is 17.4. The van der Waals surface area contributed by atoms with Crippen LogP contribution in [0.1, 0.15) is 0 Å². The molecule has 3 heterocycles. The zero-order chi connectivity index (χ0) is 42.1. The molecular formula is C60H37NO2S. The highest BCUT2D eigenvalue weighted by Crippen LogP contribution is 2.54. The lowest BCUT2D eigenvalue weighted by Crippen LogP contribution is -2.12. The summed E-state index contributed by atoms with van der Waals surface area (Å²) in [7, 11) is 0. The standard InChI is InChI=1S/C60H37NO2S/c1-5-16-38(17-6-1)42-28-30-49-53(36-42)63-59-45(40-20-9-3-10-21-40)32-34-51(56(49)59)61(43-29-31-48-47-24-13-14-27-52(47)62-54(48)37-43)58-44(39-18-7-2-8-19-39)33-35-55-57(58)50-26-15-25-46(60(50)64-55)41-22-11-4-12-23-41/h1-37H. The van der Waals surface area contributed by atoms with Crippen molar-refractivity contribution in [2.75, 3.05) is 4.90 Å². The lowest BCUT2D eigenvalue weighted by atomic mass is 9.95. The largest absolute Gasteiger partial charge is 0.456 e. The number of fused-ring (bicyclic) bond motifs is 9. The number of benzene rings is 10. The summed E-state index contributed by atoms with van der Waals surface area (Å²) in [6, 6.07) is 80.3. The van der Waals surface area contributed by atoms with Crippen LogP contribution in [0.15, 0.2) is 233 Å². The molecule has 0 atom stereocenters. The Hall–Kier alpha value is -8.18. The number of rotatable bonds is 7. The molecule has 0 aliphatic heterocycles. The Morgan fingerprint density at radius 2 is 0.938 bits per heavy atom. The predicted molar refractivity (Wildman–Crippen MR) is 270 cm³/mol. The fourth-order valence-electron chi connectivity index (χ4n) is 9.75. The average Bonchev–Trinajstić information content (AvgIpc) is 4.06. The molecule has 0 radical (unpaired) electrons. The number of nitrogens with zero attached hydrogens (tertiary/aromatic N) is 1. The Morgan fingerprint density at radius 1 is 0.344 bits per heavy atom. The van der Waals surface area contributed by atoms with E-state index in [1.54, 1.807) is 0 Å². The summed E-state index contributed by atoms with van der Waals surface area (Å²) >= 11 is 1.86. The van der Waals surface area contributed by atoms with Crippen LogP contribution < -0.4 is 4.90 Å². The molecule has 300 valence electrons. The van der Waals surface area contributed by atoms with Crippen molar-refractivity contribution in [2.24, 2.45) is 0 Å². The van der Waals surface area contributed by atoms with Crippen LogP contribution in [0.25, 0.3) is 109 Å². The topological polar surface area (TPSA) is 29.5 Å². The van der Waals surface area contributed by atoms with Gasteiger partial charge in [0.2, 0.25) is 0 Å². The smallest absolute Gasteiger partial charge is 0.145 e. The molecule has 0 saturated heterocycles. The third kappa shape index (κ3) is 5.81. The van der Waals surface area contributed by atoms with Gasteiger partial charge in [0.25, 0.3) is 0 Å². The molecule has 0 aliphatic rings. The summed E-state index contributed by atoms with van der Waals surface area (Å²) in [6.45, 7) is 0. The van der Waals surface area contributed by atoms with Gasteiger partial charge in [0.1, 0.15) is 22.3 Å². The van der Waals surface area contributed by atoms with Crippen LogP contribution in [0.2, 0.25) is 0 Å². The summed E-state index contributed by atoms with van der Waals surface area (Å²) in [4.78, 5) is 2.48. The maximum Gasteiger partial charge on any atom is 0.145 e. The molecule has 0 saturated carbocycles. The lowest BCUT2D eigenvalue weighted by Gasteiger charge is -2.30. The summed E-state index contributed by atoms with van der Waals surface area (Å²) in [6.07, 6.45) is 0. The minimum absolute atomic E-state index is 0.834. The van der Waals surface area contributed by atoms with Crippen LogP contribution >= 0.6 is 11.3 Å². The van der Waals surface area contributed by atoms with Crippen molar-refractivity contribution >= 4 is 92.4 Å². The zero-order valence-corrected chi connectivity index (χ0v) is 35.4. The van der Waals surface area contributed by atoms with Crippen LogP contribution in [-0.4, -0.2) is 0 Å². The molecule has 64 heavy (non-hydrogen) atoms. The van der Waals surface area contributed by atoms with E-state index in [4.69, 9.17) is 8.83 Å². The van der Waals surface area contributed by atoms with Crippen LogP contribution in [0.5, 0.6) is 0 Å². The third-order valence-electron chi connectivity index (χ3n) is 12.7. The molecule has 13 rings (SSSR count). The Bertz CT molecular complexity index is 3890. The molecule has 0 N–H and O–H groups in total. The molecule has 0 amide bonds. The van der Waals surface area contributed by atoms with Gasteiger partial charge < -0.3 is 13.7 Å². The molecule has 0 bridgehead atoms. The van der Waals surface area contributed by atoms with E-state index in [1.165, 1.54) is 31.3 Å². The van der Waals surface area contributed by atoms with E-state index in [0.29, 0.717) is 0 Å². The third-order valence-corrected chi connectivity index (χ3v) is 13.9. The molecule has 0 spiro atoms. The van der Waals surface area contributed by atoms with E-state index in [2.05, 4.69) is 223 Å². The van der Waals surface area contributed by atoms with Gasteiger partial charge in [-0.05, 0) is 81.9 Å². The summed E-state index contributed by atoms with van der Waals surface area (Å²) in [5.74, 6) is 0. The van der Waals surface area contributed by atoms with Crippen molar-refractivity contribution in [1.29, 1.82) is 0 Å². The number of furan rings is 2. The minimum Gasteiger partial charge on any atom is -0.456 e. The molecule has 10 aromatic carbocycles. The first-order valence-corrected chi connectivity index (χ1v) is 22.5. The predicted octanol–water partition coefficient (Wildman–Crippen LogP) is 18.0. The highest BCUT2D eigenvalue weighted by atomic mass is 32.1. The molecule has 3 nitrogen and oxygen atoms in total. The fourth-order valence-corrected chi connectivity index (χ4v) is 11.0. The quantitative estimate of drug-likeness (QED) is 0.160. The van der Waals surface area contributed by atoms with Crippen molar-refractivity contribution in [3.63, 3.8) is 0 Å². The van der Waals surface area contributed by atoms with E-state index >= 15 is 0 Å². The summed E-state index contributed by atoms with van der Waals surface area (Å²) in [5.41, 5.74) is 15.6. The fraction of sp³-hybridized carbons (Fsp3) is 0. The van der Waals surface area contributed by atoms with Gasteiger partial charge in [-0.1, -0.05) is 170 Å². The lowest BCUT2D eigenvalue weighted by molar-refractivity contribution is 0.669. The number of anilines is 3. The Morgan fingerprint density at radius 3 is 1.69 bits per heavy atom. The van der Waals surface area contributed by atoms with E-state index in [9.17, 15) is 0 Å². The van der Waals surface area contributed by atoms with Gasteiger partial charge in [0.05, 0.1) is 16.8 Å². The van der Waals surface area contributed by atoms with Gasteiger partial charge in [-0.25, -0.2) is 0 Å². The Labute approximate surface area is 373 Å². The normalized spacial score (nSPS) is 11.8. The van der Waals surface area contributed by atoms with E-state index in [-0.39, 0.29) is 0 Å². The molecule has 3 aromatic heterocycles. The van der Waals surface area contributed by atoms with Gasteiger partial charge in [-0.3, -0.25) is 0 Å². The van der Waals surface area contributed by atoms with Gasteiger partial charge >= 0.3 is 0 Å². The number of hydrogen-bond donors (Lipinski definition) is 0. The molecule has 0 unspecified atom stereocenters. The highest BCUT2D eigenvalue weighted by molar-refractivity contribution is 7.26. The second-order valence-electron chi connectivity index (χ2n) is 16.3. The molecule has 0 fully saturated rings. The molecule has 13 aromatic rings.